The molecule has 1 atom stereocenters. The summed E-state index contributed by atoms with van der Waals surface area (Å²) >= 11 is 0. The van der Waals surface area contributed by atoms with E-state index in [0.717, 1.165) is 18.2 Å². The smallest absolute Gasteiger partial charge is 0.266 e. The third-order valence-electron chi connectivity index (χ3n) is 6.40. The summed E-state index contributed by atoms with van der Waals surface area (Å²) in [5.74, 6) is 1.22. The number of carbonyl (C=O) groups excluding carboxylic acids is 2. The highest BCUT2D eigenvalue weighted by Gasteiger charge is 2.73. The van der Waals surface area contributed by atoms with Crippen molar-refractivity contribution in [2.24, 2.45) is 11.7 Å². The van der Waals surface area contributed by atoms with Crippen molar-refractivity contribution >= 4 is 11.8 Å². The van der Waals surface area contributed by atoms with E-state index in [4.69, 9.17) is 5.73 Å². The lowest BCUT2D eigenvalue weighted by Gasteiger charge is -2.28. The van der Waals surface area contributed by atoms with Crippen LogP contribution in [-0.4, -0.2) is 55.8 Å². The van der Waals surface area contributed by atoms with E-state index >= 15 is 0 Å². The lowest BCUT2D eigenvalue weighted by Crippen LogP contribution is -2.39. The molecule has 1 saturated heterocycles. The first kappa shape index (κ1) is 15.1. The van der Waals surface area contributed by atoms with Crippen molar-refractivity contribution < 1.29 is 9.59 Å². The summed E-state index contributed by atoms with van der Waals surface area (Å²) in [6, 6.07) is 0.421. The zero-order valence-electron chi connectivity index (χ0n) is 14.2. The van der Waals surface area contributed by atoms with Gasteiger partial charge in [0.25, 0.3) is 5.91 Å². The van der Waals surface area contributed by atoms with Crippen molar-refractivity contribution in [3.05, 3.63) is 29.9 Å². The molecule has 3 fully saturated rings. The largest absolute Gasteiger partial charge is 0.364 e. The molecule has 7 heteroatoms. The SMILES string of the molecule is NC(=O)c1cnc2n1CCN(C(=O)/C=C/[C@H]1CCCN1C13CC1C3)C2. The molecule has 7 nitrogen and oxygen atoms in total. The Morgan fingerprint density at radius 2 is 2.08 bits per heavy atom. The van der Waals surface area contributed by atoms with Gasteiger partial charge < -0.3 is 15.2 Å². The third kappa shape index (κ3) is 2.33. The molecule has 4 aliphatic rings. The van der Waals surface area contributed by atoms with Gasteiger partial charge in [-0.1, -0.05) is 6.08 Å². The Hall–Kier alpha value is -2.15. The lowest BCUT2D eigenvalue weighted by molar-refractivity contribution is -0.127. The van der Waals surface area contributed by atoms with Crippen molar-refractivity contribution in [2.45, 2.75) is 50.4 Å². The Morgan fingerprint density at radius 1 is 1.28 bits per heavy atom. The highest BCUT2D eigenvalue weighted by molar-refractivity contribution is 5.91. The van der Waals surface area contributed by atoms with Gasteiger partial charge in [-0.25, -0.2) is 4.98 Å². The van der Waals surface area contributed by atoms with E-state index in [-0.39, 0.29) is 5.91 Å². The normalized spacial score (nSPS) is 33.4. The van der Waals surface area contributed by atoms with Crippen molar-refractivity contribution in [2.75, 3.05) is 13.1 Å². The summed E-state index contributed by atoms with van der Waals surface area (Å²) in [6.45, 7) is 2.74. The molecule has 0 unspecified atom stereocenters. The maximum Gasteiger partial charge on any atom is 0.266 e. The molecule has 1 aromatic rings. The van der Waals surface area contributed by atoms with E-state index in [1.165, 1.54) is 32.0 Å². The van der Waals surface area contributed by atoms with Crippen molar-refractivity contribution in [1.82, 2.24) is 19.4 Å². The molecular formula is C18H23N5O2. The Morgan fingerprint density at radius 3 is 2.80 bits per heavy atom. The van der Waals surface area contributed by atoms with Crippen LogP contribution in [0.1, 0.15) is 42.0 Å². The molecule has 2 amide bonds. The summed E-state index contributed by atoms with van der Waals surface area (Å²) in [5.41, 5.74) is 6.30. The molecule has 2 aliphatic carbocycles. The van der Waals surface area contributed by atoms with Crippen LogP contribution in [0.2, 0.25) is 0 Å². The van der Waals surface area contributed by atoms with Crippen LogP contribution in [0.3, 0.4) is 0 Å². The molecule has 3 heterocycles. The number of nitrogens with two attached hydrogens (primary N) is 1. The van der Waals surface area contributed by atoms with Gasteiger partial charge >= 0.3 is 0 Å². The van der Waals surface area contributed by atoms with Gasteiger partial charge in [-0.05, 0) is 38.1 Å². The number of amides is 2. The molecule has 1 aromatic heterocycles. The van der Waals surface area contributed by atoms with Gasteiger partial charge in [0.1, 0.15) is 11.5 Å². The molecule has 0 bridgehead atoms. The fraction of sp³-hybridized carbons (Fsp3) is 0.611. The van der Waals surface area contributed by atoms with Gasteiger partial charge in [-0.3, -0.25) is 14.5 Å². The number of hydrogen-bond donors (Lipinski definition) is 1. The number of aromatic nitrogens is 2. The molecule has 25 heavy (non-hydrogen) atoms. The first-order chi connectivity index (χ1) is 12.1. The Labute approximate surface area is 146 Å². The van der Waals surface area contributed by atoms with Crippen LogP contribution in [0.4, 0.5) is 0 Å². The number of imidazole rings is 1. The van der Waals surface area contributed by atoms with Gasteiger partial charge in [-0.15, -0.1) is 0 Å². The van der Waals surface area contributed by atoms with Gasteiger partial charge in [0.2, 0.25) is 5.91 Å². The molecule has 2 saturated carbocycles. The van der Waals surface area contributed by atoms with E-state index in [1.54, 1.807) is 11.0 Å². The highest BCUT2D eigenvalue weighted by Crippen LogP contribution is 2.71. The second-order valence-electron chi connectivity index (χ2n) is 7.81. The van der Waals surface area contributed by atoms with Crippen molar-refractivity contribution in [3.8, 4) is 0 Å². The maximum absolute atomic E-state index is 12.6. The van der Waals surface area contributed by atoms with Crippen LogP contribution >= 0.6 is 0 Å². The maximum atomic E-state index is 12.6. The summed E-state index contributed by atoms with van der Waals surface area (Å²) < 4.78 is 1.81. The number of nitrogens with zero attached hydrogens (tertiary/aromatic N) is 4. The fourth-order valence-electron chi connectivity index (χ4n) is 4.63. The number of carbonyl (C=O) groups is 2. The topological polar surface area (TPSA) is 84.5 Å². The quantitative estimate of drug-likeness (QED) is 0.809. The van der Waals surface area contributed by atoms with Crippen molar-refractivity contribution in [1.29, 1.82) is 0 Å². The molecule has 2 N–H and O–H groups in total. The van der Waals surface area contributed by atoms with Gasteiger partial charge in [0.15, 0.2) is 0 Å². The fourth-order valence-corrected chi connectivity index (χ4v) is 4.63. The number of likely N-dealkylation sites (tertiary alicyclic amines) is 1. The van der Waals surface area contributed by atoms with E-state index in [9.17, 15) is 9.59 Å². The minimum Gasteiger partial charge on any atom is -0.364 e. The van der Waals surface area contributed by atoms with Crippen LogP contribution < -0.4 is 5.73 Å². The lowest BCUT2D eigenvalue weighted by atomic mass is 10.2. The van der Waals surface area contributed by atoms with Crippen molar-refractivity contribution in [3.63, 3.8) is 0 Å². The van der Waals surface area contributed by atoms with Crippen LogP contribution in [-0.2, 0) is 17.9 Å². The van der Waals surface area contributed by atoms with Crippen LogP contribution in [0.15, 0.2) is 18.3 Å². The standard InChI is InChI=1S/C18H23N5O2/c19-17(25)14-10-20-15-11-21(6-7-22(14)15)16(24)4-3-13-2-1-5-23(13)18-8-12(18)9-18/h3-4,10,12-13H,1-2,5-9,11H2,(H2,19,25)/b4-3+/t12?,13-,18?/m1/s1. The van der Waals surface area contributed by atoms with Gasteiger partial charge in [0.05, 0.1) is 12.7 Å². The van der Waals surface area contributed by atoms with Crippen LogP contribution in [0.25, 0.3) is 0 Å². The minimum absolute atomic E-state index is 0.0300. The van der Waals surface area contributed by atoms with E-state index in [1.807, 2.05) is 4.57 Å². The second-order valence-corrected chi connectivity index (χ2v) is 7.81. The predicted octanol–water partition coefficient (Wildman–Crippen LogP) is 0.507. The Kier molecular flexibility index (Phi) is 3.13. The summed E-state index contributed by atoms with van der Waals surface area (Å²) in [6.07, 6.45) is 10.5. The highest BCUT2D eigenvalue weighted by atomic mass is 16.2. The second kappa shape index (κ2) is 5.17. The molecule has 0 aromatic carbocycles. The minimum atomic E-state index is -0.474. The zero-order chi connectivity index (χ0) is 17.2. The Bertz CT molecular complexity index is 776. The number of hydrogen-bond acceptors (Lipinski definition) is 4. The van der Waals surface area contributed by atoms with Crippen LogP contribution in [0.5, 0.6) is 0 Å². The molecule has 5 rings (SSSR count). The molecule has 132 valence electrons. The number of primary amides is 1. The average molecular weight is 341 g/mol. The van der Waals surface area contributed by atoms with Gasteiger partial charge in [-0.2, -0.15) is 0 Å². The molecule has 0 radical (unpaired) electrons. The molecule has 0 spiro atoms. The van der Waals surface area contributed by atoms with E-state index in [0.29, 0.717) is 36.9 Å². The first-order valence-electron chi connectivity index (χ1n) is 9.16. The number of fused-ring (bicyclic) bond motifs is 2. The third-order valence-corrected chi connectivity index (χ3v) is 6.40. The van der Waals surface area contributed by atoms with Crippen LogP contribution in [0, 0.1) is 5.92 Å². The van der Waals surface area contributed by atoms with Gasteiger partial charge in [0, 0.05) is 30.7 Å². The zero-order valence-corrected chi connectivity index (χ0v) is 14.2. The summed E-state index contributed by atoms with van der Waals surface area (Å²) in [5, 5.41) is 0. The Balaban J connectivity index is 1.25. The molecule has 2 aliphatic heterocycles. The van der Waals surface area contributed by atoms with E-state index < -0.39 is 5.91 Å². The van der Waals surface area contributed by atoms with E-state index in [2.05, 4.69) is 16.0 Å². The summed E-state index contributed by atoms with van der Waals surface area (Å²) in [4.78, 5) is 32.6. The molecular weight excluding hydrogens is 318 g/mol. The predicted molar refractivity (Wildman–Crippen MR) is 90.5 cm³/mol. The average Bonchev–Trinajstić information content (AvgIpc) is 3.30. The first-order valence-corrected chi connectivity index (χ1v) is 9.16. The monoisotopic (exact) mass is 341 g/mol. The number of rotatable bonds is 4. The summed E-state index contributed by atoms with van der Waals surface area (Å²) in [7, 11) is 0.